The molecular formula is C24H27N4PS. The fourth-order valence-corrected chi connectivity index (χ4v) is 6.48. The third kappa shape index (κ3) is 5.29. The summed E-state index contributed by atoms with van der Waals surface area (Å²) in [4.78, 5) is 0. The molecule has 0 radical (unpaired) electrons. The first-order valence-corrected chi connectivity index (χ1v) is 12.2. The van der Waals surface area contributed by atoms with Crippen LogP contribution < -0.4 is 20.0 Å². The Morgan fingerprint density at radius 3 is 1.80 bits per heavy atom. The van der Waals surface area contributed by atoms with Gasteiger partial charge in [-0.3, -0.25) is 0 Å². The van der Waals surface area contributed by atoms with Crippen LogP contribution in [0, 0.1) is 0 Å². The Morgan fingerprint density at radius 2 is 1.27 bits per heavy atom. The fraction of sp³-hybridized carbons (Fsp3) is 0.208. The van der Waals surface area contributed by atoms with Gasteiger partial charge in [-0.2, -0.15) is 0 Å². The van der Waals surface area contributed by atoms with Crippen LogP contribution >= 0.6 is 20.4 Å². The van der Waals surface area contributed by atoms with Crippen LogP contribution in [0.2, 0.25) is 0 Å². The highest BCUT2D eigenvalue weighted by atomic mass is 32.1. The highest BCUT2D eigenvalue weighted by Crippen LogP contribution is 2.53. The van der Waals surface area contributed by atoms with E-state index in [1.165, 1.54) is 11.4 Å². The summed E-state index contributed by atoms with van der Waals surface area (Å²) in [6, 6.07) is 31.6. The SMILES string of the molecule is S=C(NCCCP1N(c2ccccc2)CCN1c1ccccc1)Nc1ccccc1. The molecule has 0 saturated carbocycles. The first-order chi connectivity index (χ1) is 14.8. The van der Waals surface area contributed by atoms with Gasteiger partial charge < -0.3 is 20.0 Å². The van der Waals surface area contributed by atoms with Crippen LogP contribution in [0.4, 0.5) is 17.1 Å². The average Bonchev–Trinajstić information content (AvgIpc) is 3.22. The van der Waals surface area contributed by atoms with Gasteiger partial charge >= 0.3 is 0 Å². The smallest absolute Gasteiger partial charge is 0.170 e. The maximum Gasteiger partial charge on any atom is 0.170 e. The Kier molecular flexibility index (Phi) is 7.17. The molecule has 0 amide bonds. The maximum absolute atomic E-state index is 5.45. The highest BCUT2D eigenvalue weighted by Gasteiger charge is 2.32. The molecule has 30 heavy (non-hydrogen) atoms. The molecule has 0 atom stereocenters. The summed E-state index contributed by atoms with van der Waals surface area (Å²) in [6.45, 7) is 2.99. The van der Waals surface area contributed by atoms with Gasteiger partial charge in [-0.25, -0.2) is 0 Å². The number of para-hydroxylation sites is 3. The third-order valence-corrected chi connectivity index (χ3v) is 7.98. The number of rotatable bonds is 7. The zero-order valence-corrected chi connectivity index (χ0v) is 18.7. The maximum atomic E-state index is 5.45. The van der Waals surface area contributed by atoms with E-state index in [-0.39, 0.29) is 0 Å². The minimum atomic E-state index is -0.441. The van der Waals surface area contributed by atoms with Gasteiger partial charge in [-0.15, -0.1) is 0 Å². The fourth-order valence-electron chi connectivity index (χ4n) is 3.64. The second kappa shape index (κ2) is 10.4. The topological polar surface area (TPSA) is 30.5 Å². The zero-order valence-electron chi connectivity index (χ0n) is 16.9. The van der Waals surface area contributed by atoms with Gasteiger partial charge in [0.1, 0.15) is 0 Å². The Morgan fingerprint density at radius 1 is 0.767 bits per heavy atom. The lowest BCUT2D eigenvalue weighted by molar-refractivity contribution is 0.849. The van der Waals surface area contributed by atoms with Gasteiger partial charge in [0.15, 0.2) is 5.11 Å². The van der Waals surface area contributed by atoms with Crippen LogP contribution in [0.25, 0.3) is 0 Å². The summed E-state index contributed by atoms with van der Waals surface area (Å²) in [5.74, 6) is 0. The van der Waals surface area contributed by atoms with Gasteiger partial charge in [0, 0.05) is 42.9 Å². The van der Waals surface area contributed by atoms with Crippen LogP contribution in [0.15, 0.2) is 91.0 Å². The van der Waals surface area contributed by atoms with E-state index < -0.39 is 8.22 Å². The van der Waals surface area contributed by atoms with Crippen LogP contribution in [-0.4, -0.2) is 30.9 Å². The number of nitrogens with one attached hydrogen (secondary N) is 2. The summed E-state index contributed by atoms with van der Waals surface area (Å²) < 4.78 is 5.17. The molecule has 1 aliphatic rings. The van der Waals surface area contributed by atoms with E-state index in [0.717, 1.165) is 37.9 Å². The van der Waals surface area contributed by atoms with E-state index in [9.17, 15) is 0 Å². The number of thiocarbonyl (C=S) groups is 1. The van der Waals surface area contributed by atoms with Crippen LogP contribution in [0.1, 0.15) is 6.42 Å². The molecule has 0 unspecified atom stereocenters. The first kappa shape index (κ1) is 20.6. The Balaban J connectivity index is 1.36. The van der Waals surface area contributed by atoms with Crippen molar-refractivity contribution in [1.82, 2.24) is 5.32 Å². The quantitative estimate of drug-likeness (QED) is 0.283. The van der Waals surface area contributed by atoms with Crippen molar-refractivity contribution in [3.8, 4) is 0 Å². The summed E-state index contributed by atoms with van der Waals surface area (Å²) in [5, 5.41) is 7.28. The van der Waals surface area contributed by atoms with E-state index in [1.807, 2.05) is 30.3 Å². The molecule has 2 N–H and O–H groups in total. The van der Waals surface area contributed by atoms with E-state index >= 15 is 0 Å². The molecule has 154 valence electrons. The monoisotopic (exact) mass is 434 g/mol. The van der Waals surface area contributed by atoms with Crippen molar-refractivity contribution < 1.29 is 0 Å². The lowest BCUT2D eigenvalue weighted by Gasteiger charge is -2.32. The normalized spacial score (nSPS) is 14.0. The van der Waals surface area contributed by atoms with Gasteiger partial charge in [0.25, 0.3) is 0 Å². The van der Waals surface area contributed by atoms with Crippen LogP contribution in [-0.2, 0) is 0 Å². The molecule has 1 aliphatic heterocycles. The molecule has 6 heteroatoms. The van der Waals surface area contributed by atoms with Crippen LogP contribution in [0.5, 0.6) is 0 Å². The minimum absolute atomic E-state index is 0.441. The van der Waals surface area contributed by atoms with Crippen molar-refractivity contribution in [3.63, 3.8) is 0 Å². The number of nitrogens with zero attached hydrogens (tertiary/aromatic N) is 2. The predicted molar refractivity (Wildman–Crippen MR) is 135 cm³/mol. The molecule has 1 saturated heterocycles. The second-order valence-corrected chi connectivity index (χ2v) is 9.68. The Bertz CT molecular complexity index is 876. The molecular weight excluding hydrogens is 407 g/mol. The standard InChI is InChI=1S/C24H27N4PS/c30-24(26-21-11-4-1-5-12-21)25-17-10-20-29-27(22-13-6-2-7-14-22)18-19-28(29)23-15-8-3-9-16-23/h1-9,11-16H,10,17-20H2,(H2,25,26,30). The summed E-state index contributed by atoms with van der Waals surface area (Å²) in [5.41, 5.74) is 3.65. The predicted octanol–water partition coefficient (Wildman–Crippen LogP) is 5.70. The molecule has 4 nitrogen and oxygen atoms in total. The van der Waals surface area contributed by atoms with E-state index in [1.54, 1.807) is 0 Å². The lowest BCUT2D eigenvalue weighted by atomic mass is 10.3. The number of hydrogen-bond donors (Lipinski definition) is 2. The van der Waals surface area contributed by atoms with Crippen molar-refractivity contribution in [2.24, 2.45) is 0 Å². The largest absolute Gasteiger partial charge is 0.362 e. The molecule has 0 bridgehead atoms. The van der Waals surface area contributed by atoms with Crippen molar-refractivity contribution in [2.75, 3.05) is 40.5 Å². The summed E-state index contributed by atoms with van der Waals surface area (Å²) in [6.07, 6.45) is 2.19. The molecule has 0 spiro atoms. The number of anilines is 3. The third-order valence-electron chi connectivity index (χ3n) is 5.04. The van der Waals surface area contributed by atoms with Crippen molar-refractivity contribution in [3.05, 3.63) is 91.0 Å². The van der Waals surface area contributed by atoms with Crippen molar-refractivity contribution >= 4 is 42.6 Å². The Hall–Kier alpha value is -2.62. The van der Waals surface area contributed by atoms with Crippen molar-refractivity contribution in [2.45, 2.75) is 6.42 Å². The molecule has 4 rings (SSSR count). The highest BCUT2D eigenvalue weighted by molar-refractivity contribution is 7.80. The summed E-state index contributed by atoms with van der Waals surface area (Å²) in [7, 11) is -0.441. The average molecular weight is 435 g/mol. The Labute approximate surface area is 185 Å². The number of hydrogen-bond acceptors (Lipinski definition) is 3. The van der Waals surface area contributed by atoms with Gasteiger partial charge in [0.05, 0.1) is 8.22 Å². The molecule has 1 fully saturated rings. The van der Waals surface area contributed by atoms with Gasteiger partial charge in [-0.1, -0.05) is 54.6 Å². The number of benzene rings is 3. The van der Waals surface area contributed by atoms with Gasteiger partial charge in [0.2, 0.25) is 0 Å². The van der Waals surface area contributed by atoms with Gasteiger partial charge in [-0.05, 0) is 55.0 Å². The second-order valence-electron chi connectivity index (χ2n) is 7.11. The lowest BCUT2D eigenvalue weighted by Crippen LogP contribution is -2.30. The molecule has 0 aromatic heterocycles. The zero-order chi connectivity index (χ0) is 20.6. The van der Waals surface area contributed by atoms with Crippen molar-refractivity contribution in [1.29, 1.82) is 0 Å². The summed E-state index contributed by atoms with van der Waals surface area (Å²) >= 11 is 5.45. The molecule has 1 heterocycles. The van der Waals surface area contributed by atoms with E-state index in [0.29, 0.717) is 5.11 Å². The first-order valence-electron chi connectivity index (χ1n) is 10.3. The molecule has 3 aromatic carbocycles. The minimum Gasteiger partial charge on any atom is -0.362 e. The molecule has 3 aromatic rings. The van der Waals surface area contributed by atoms with E-state index in [4.69, 9.17) is 12.2 Å². The molecule has 0 aliphatic carbocycles. The van der Waals surface area contributed by atoms with E-state index in [2.05, 4.69) is 80.6 Å². The van der Waals surface area contributed by atoms with Crippen LogP contribution in [0.3, 0.4) is 0 Å².